The van der Waals surface area contributed by atoms with E-state index in [9.17, 15) is 26.4 Å². The lowest BCUT2D eigenvalue weighted by atomic mass is 10.1. The zero-order valence-corrected chi connectivity index (χ0v) is 18.8. The Morgan fingerprint density at radius 2 is 1.67 bits per heavy atom. The number of rotatable bonds is 6. The minimum Gasteiger partial charge on any atom is -0.366 e. The first-order valence-corrected chi connectivity index (χ1v) is 11.8. The van der Waals surface area contributed by atoms with E-state index >= 15 is 4.39 Å². The van der Waals surface area contributed by atoms with E-state index < -0.39 is 40.0 Å². The Bertz CT molecular complexity index is 1100. The molecule has 0 unspecified atom stereocenters. The zero-order valence-electron chi connectivity index (χ0n) is 18.0. The van der Waals surface area contributed by atoms with Gasteiger partial charge in [-0.25, -0.2) is 12.8 Å². The fourth-order valence-electron chi connectivity index (χ4n) is 3.69. The summed E-state index contributed by atoms with van der Waals surface area (Å²) in [5.74, 6) is -2.02. The van der Waals surface area contributed by atoms with E-state index in [1.54, 1.807) is 28.0 Å². The van der Waals surface area contributed by atoms with Gasteiger partial charge in [0.25, 0.3) is 0 Å². The first kappa shape index (κ1) is 24.8. The summed E-state index contributed by atoms with van der Waals surface area (Å²) in [6.07, 6.45) is -4.92. The van der Waals surface area contributed by atoms with E-state index in [1.165, 1.54) is 31.2 Å². The molecule has 6 nitrogen and oxygen atoms in total. The van der Waals surface area contributed by atoms with Crippen molar-refractivity contribution in [3.8, 4) is 0 Å². The molecule has 1 saturated heterocycles. The van der Waals surface area contributed by atoms with Gasteiger partial charge in [0, 0.05) is 33.1 Å². The first-order chi connectivity index (χ1) is 15.4. The van der Waals surface area contributed by atoms with E-state index in [4.69, 9.17) is 0 Å². The quantitative estimate of drug-likeness (QED) is 0.586. The van der Waals surface area contributed by atoms with Crippen LogP contribution < -0.4 is 9.21 Å². The van der Waals surface area contributed by atoms with Gasteiger partial charge in [-0.1, -0.05) is 36.4 Å². The minimum absolute atomic E-state index is 0.00369. The highest BCUT2D eigenvalue weighted by Gasteiger charge is 2.40. The molecule has 33 heavy (non-hydrogen) atoms. The van der Waals surface area contributed by atoms with Crippen LogP contribution in [0.1, 0.15) is 18.1 Å². The topological polar surface area (TPSA) is 60.9 Å². The average molecular weight is 487 g/mol. The summed E-state index contributed by atoms with van der Waals surface area (Å²) in [7, 11) is -4.63. The van der Waals surface area contributed by atoms with E-state index in [0.717, 1.165) is 0 Å². The number of amides is 1. The number of hydrogen-bond acceptors (Lipinski definition) is 4. The van der Waals surface area contributed by atoms with Crippen molar-refractivity contribution in [1.29, 1.82) is 0 Å². The van der Waals surface area contributed by atoms with Gasteiger partial charge in [0.2, 0.25) is 15.9 Å². The Morgan fingerprint density at radius 1 is 1.06 bits per heavy atom. The summed E-state index contributed by atoms with van der Waals surface area (Å²) in [6.45, 7) is 3.99. The molecule has 0 aromatic heterocycles. The summed E-state index contributed by atoms with van der Waals surface area (Å²) in [5, 5.41) is 0. The Balaban J connectivity index is 2.08. The molecule has 3 rings (SSSR count). The summed E-state index contributed by atoms with van der Waals surface area (Å²) >= 11 is 0. The fourth-order valence-corrected chi connectivity index (χ4v) is 5.26. The number of halogens is 4. The van der Waals surface area contributed by atoms with Crippen LogP contribution in [0.5, 0.6) is 0 Å². The first-order valence-electron chi connectivity index (χ1n) is 10.1. The molecule has 1 radical (unpaired) electrons. The van der Waals surface area contributed by atoms with Crippen molar-refractivity contribution in [2.45, 2.75) is 18.9 Å². The third-order valence-electron chi connectivity index (χ3n) is 5.34. The molecule has 11 heteroatoms. The van der Waals surface area contributed by atoms with Crippen molar-refractivity contribution in [2.75, 3.05) is 41.9 Å². The average Bonchev–Trinajstić information content (AvgIpc) is 2.74. The molecule has 0 aliphatic carbocycles. The lowest BCUT2D eigenvalue weighted by molar-refractivity contribution is -0.129. The molecule has 2 aromatic carbocycles. The Kier molecular flexibility index (Phi) is 7.20. The Hall–Kier alpha value is -2.82. The Morgan fingerprint density at radius 3 is 2.21 bits per heavy atom. The smallest absolute Gasteiger partial charge is 0.366 e. The van der Waals surface area contributed by atoms with Gasteiger partial charge < -0.3 is 9.80 Å². The molecule has 1 aliphatic rings. The largest absolute Gasteiger partial charge is 0.407 e. The molecule has 179 valence electrons. The third kappa shape index (κ3) is 5.95. The van der Waals surface area contributed by atoms with Crippen LogP contribution in [0.3, 0.4) is 0 Å². The molecular formula is C22H24F4N3O3S. The summed E-state index contributed by atoms with van der Waals surface area (Å²) in [5.41, 5.74) is -0.637. The highest BCUT2D eigenvalue weighted by atomic mass is 32.2. The second-order valence-electron chi connectivity index (χ2n) is 7.76. The molecule has 1 amide bonds. The van der Waals surface area contributed by atoms with Crippen molar-refractivity contribution >= 4 is 27.3 Å². The van der Waals surface area contributed by atoms with Crippen molar-refractivity contribution < 1.29 is 30.8 Å². The monoisotopic (exact) mass is 486 g/mol. The van der Waals surface area contributed by atoms with Crippen molar-refractivity contribution in [1.82, 2.24) is 4.90 Å². The van der Waals surface area contributed by atoms with Gasteiger partial charge in [0.1, 0.15) is 12.2 Å². The number of hydrogen-bond donors (Lipinski definition) is 0. The maximum absolute atomic E-state index is 15.3. The third-order valence-corrected chi connectivity index (χ3v) is 7.02. The number of nitrogens with zero attached hydrogens (tertiary/aromatic N) is 3. The van der Waals surface area contributed by atoms with Gasteiger partial charge in [0.15, 0.2) is 5.82 Å². The molecule has 0 saturated carbocycles. The summed E-state index contributed by atoms with van der Waals surface area (Å²) in [4.78, 5) is 14.7. The molecule has 0 N–H and O–H groups in total. The SMILES string of the molecule is [CH2]c1ccc(N2CCN(C(C)=O)CC2)c(N(CC(F)(F)F)S(=O)(=O)Cc2ccccc2)c1F. The van der Waals surface area contributed by atoms with Gasteiger partial charge in [0.05, 0.1) is 11.4 Å². The maximum atomic E-state index is 15.3. The lowest BCUT2D eigenvalue weighted by Crippen LogP contribution is -2.49. The Labute approximate surface area is 190 Å². The zero-order chi connectivity index (χ0) is 24.4. The van der Waals surface area contributed by atoms with Gasteiger partial charge in [-0.05, 0) is 24.1 Å². The number of sulfonamides is 1. The maximum Gasteiger partial charge on any atom is 0.407 e. The highest BCUT2D eigenvalue weighted by Crippen LogP contribution is 2.38. The number of carbonyl (C=O) groups excluding carboxylic acids is 1. The van der Waals surface area contributed by atoms with E-state index in [0.29, 0.717) is 0 Å². The lowest BCUT2D eigenvalue weighted by Gasteiger charge is -2.38. The second-order valence-corrected chi connectivity index (χ2v) is 9.66. The van der Waals surface area contributed by atoms with E-state index in [2.05, 4.69) is 6.92 Å². The van der Waals surface area contributed by atoms with Crippen LogP contribution in [-0.2, 0) is 20.6 Å². The molecule has 0 spiro atoms. The van der Waals surface area contributed by atoms with Crippen molar-refractivity contribution in [3.63, 3.8) is 0 Å². The van der Waals surface area contributed by atoms with Crippen molar-refractivity contribution in [2.24, 2.45) is 0 Å². The van der Waals surface area contributed by atoms with Gasteiger partial charge in [-0.15, -0.1) is 0 Å². The number of alkyl halides is 3. The standard InChI is InChI=1S/C22H24F4N3O3S/c1-16-8-9-19(28-12-10-27(11-13-28)17(2)30)21(20(16)23)29(15-22(24,25)26)33(31,32)14-18-6-4-3-5-7-18/h3-9H,1,10-15H2,2H3. The predicted molar refractivity (Wildman–Crippen MR) is 118 cm³/mol. The van der Waals surface area contributed by atoms with Gasteiger partial charge in [-0.2, -0.15) is 13.2 Å². The highest BCUT2D eigenvalue weighted by molar-refractivity contribution is 7.92. The molecule has 2 aromatic rings. The van der Waals surface area contributed by atoms with Crippen LogP contribution in [0.2, 0.25) is 0 Å². The molecule has 1 heterocycles. The molecule has 1 fully saturated rings. The summed E-state index contributed by atoms with van der Waals surface area (Å²) < 4.78 is 82.3. The van der Waals surface area contributed by atoms with Crippen LogP contribution in [0.15, 0.2) is 42.5 Å². The van der Waals surface area contributed by atoms with E-state index in [-0.39, 0.29) is 53.2 Å². The van der Waals surface area contributed by atoms with Crippen LogP contribution >= 0.6 is 0 Å². The molecule has 1 aliphatic heterocycles. The van der Waals surface area contributed by atoms with Crippen LogP contribution in [0, 0.1) is 12.7 Å². The number of carbonyl (C=O) groups is 1. The van der Waals surface area contributed by atoms with Crippen molar-refractivity contribution in [3.05, 3.63) is 66.3 Å². The fraction of sp³-hybridized carbons (Fsp3) is 0.364. The van der Waals surface area contributed by atoms with E-state index in [1.807, 2.05) is 0 Å². The molecular weight excluding hydrogens is 462 g/mol. The molecule has 0 bridgehead atoms. The normalized spacial score (nSPS) is 15.0. The number of anilines is 2. The van der Waals surface area contributed by atoms with Gasteiger partial charge >= 0.3 is 6.18 Å². The summed E-state index contributed by atoms with van der Waals surface area (Å²) in [6, 6.07) is 10.4. The molecule has 0 atom stereocenters. The van der Waals surface area contributed by atoms with Crippen LogP contribution in [-0.4, -0.2) is 58.1 Å². The van der Waals surface area contributed by atoms with Crippen LogP contribution in [0.4, 0.5) is 28.9 Å². The predicted octanol–water partition coefficient (Wildman–Crippen LogP) is 3.58. The van der Waals surface area contributed by atoms with Gasteiger partial charge in [-0.3, -0.25) is 9.10 Å². The van der Waals surface area contributed by atoms with Crippen LogP contribution in [0.25, 0.3) is 0 Å². The minimum atomic E-state index is -4.92. The number of piperazine rings is 1. The number of benzene rings is 2. The second kappa shape index (κ2) is 9.58.